The molecule has 1 heterocycles. The number of sulfonamides is 1. The third-order valence-corrected chi connectivity index (χ3v) is 8.80. The van der Waals surface area contributed by atoms with Crippen LogP contribution in [-0.2, 0) is 21.4 Å². The van der Waals surface area contributed by atoms with Gasteiger partial charge in [-0.25, -0.2) is 12.7 Å². The summed E-state index contributed by atoms with van der Waals surface area (Å²) in [5.74, 6) is -0.676. The molecular weight excluding hydrogens is 460 g/mol. The van der Waals surface area contributed by atoms with E-state index in [0.717, 1.165) is 34.7 Å². The molecule has 7 heteroatoms. The summed E-state index contributed by atoms with van der Waals surface area (Å²) in [7, 11) is -3.98. The van der Waals surface area contributed by atoms with Gasteiger partial charge in [0, 0.05) is 17.7 Å². The maximum Gasteiger partial charge on any atom is 0.268 e. The molecule has 4 rings (SSSR count). The van der Waals surface area contributed by atoms with Crippen molar-refractivity contribution < 1.29 is 18.0 Å². The summed E-state index contributed by atoms with van der Waals surface area (Å²) in [5, 5.41) is 2.95. The average molecular weight is 493 g/mol. The topological polar surface area (TPSA) is 83.6 Å². The van der Waals surface area contributed by atoms with Gasteiger partial charge in [0.25, 0.3) is 21.8 Å². The molecule has 2 aliphatic rings. The van der Waals surface area contributed by atoms with Crippen LogP contribution in [0, 0.1) is 13.8 Å². The lowest BCUT2D eigenvalue weighted by Gasteiger charge is -2.17. The van der Waals surface area contributed by atoms with Crippen LogP contribution in [0.1, 0.15) is 71.6 Å². The van der Waals surface area contributed by atoms with Gasteiger partial charge in [-0.15, -0.1) is 0 Å². The van der Waals surface area contributed by atoms with E-state index in [9.17, 15) is 18.0 Å². The second-order valence-corrected chi connectivity index (χ2v) is 11.2. The number of nitrogens with zero attached hydrogens (tertiary/aromatic N) is 1. The van der Waals surface area contributed by atoms with Crippen LogP contribution in [0.5, 0.6) is 0 Å². The van der Waals surface area contributed by atoms with Gasteiger partial charge in [-0.05, 0) is 87.3 Å². The molecule has 0 fully saturated rings. The molecule has 1 aliphatic carbocycles. The lowest BCUT2D eigenvalue weighted by atomic mass is 9.97. The van der Waals surface area contributed by atoms with E-state index in [-0.39, 0.29) is 22.9 Å². The van der Waals surface area contributed by atoms with Crippen molar-refractivity contribution in [3.05, 3.63) is 87.5 Å². The standard InChI is InChI=1S/C28H32N2O4S/c1-19-9-12-25(17-20(19)2)26-21(3)28(32)30(35(26,33)34)18-23-10-13-24(14-11-23)27(31)29-16-15-22-7-5-4-6-8-22/h7,9-14,17H,4-6,8,15-16,18H2,1-3H3,(H,29,31). The molecule has 1 aliphatic heterocycles. The third-order valence-electron chi connectivity index (χ3n) is 6.86. The SMILES string of the molecule is CC1=C(c2ccc(C)c(C)c2)S(=O)(=O)N(Cc2ccc(C(=O)NCCC3=CCCCC3)cc2)C1=O. The molecule has 0 saturated carbocycles. The Morgan fingerprint density at radius 2 is 1.74 bits per heavy atom. The summed E-state index contributed by atoms with van der Waals surface area (Å²) in [4.78, 5) is 25.5. The predicted octanol–water partition coefficient (Wildman–Crippen LogP) is 5.03. The summed E-state index contributed by atoms with van der Waals surface area (Å²) in [6.07, 6.45) is 7.85. The first-order valence-corrected chi connectivity index (χ1v) is 13.5. The predicted molar refractivity (Wildman–Crippen MR) is 138 cm³/mol. The minimum Gasteiger partial charge on any atom is -0.352 e. The van der Waals surface area contributed by atoms with E-state index < -0.39 is 15.9 Å². The number of allylic oxidation sites excluding steroid dienone is 1. The minimum atomic E-state index is -3.98. The van der Waals surface area contributed by atoms with Gasteiger partial charge in [0.1, 0.15) is 4.91 Å². The van der Waals surface area contributed by atoms with E-state index in [1.165, 1.54) is 18.4 Å². The van der Waals surface area contributed by atoms with Gasteiger partial charge in [-0.3, -0.25) is 9.59 Å². The highest BCUT2D eigenvalue weighted by Crippen LogP contribution is 2.37. The summed E-state index contributed by atoms with van der Waals surface area (Å²) < 4.78 is 27.6. The Morgan fingerprint density at radius 1 is 1.00 bits per heavy atom. The monoisotopic (exact) mass is 492 g/mol. The van der Waals surface area contributed by atoms with Crippen LogP contribution in [0.15, 0.2) is 59.7 Å². The zero-order valence-corrected chi connectivity index (χ0v) is 21.4. The Bertz CT molecular complexity index is 1320. The number of carbonyl (C=O) groups excluding carboxylic acids is 2. The van der Waals surface area contributed by atoms with Crippen LogP contribution in [-0.4, -0.2) is 31.1 Å². The van der Waals surface area contributed by atoms with Crippen LogP contribution in [0.3, 0.4) is 0 Å². The Kier molecular flexibility index (Phi) is 7.26. The normalized spacial score (nSPS) is 17.5. The summed E-state index contributed by atoms with van der Waals surface area (Å²) in [5.41, 5.74) is 5.32. The van der Waals surface area contributed by atoms with E-state index in [1.807, 2.05) is 19.9 Å². The van der Waals surface area contributed by atoms with Crippen LogP contribution in [0.2, 0.25) is 0 Å². The minimum absolute atomic E-state index is 0.0645. The van der Waals surface area contributed by atoms with Crippen molar-refractivity contribution >= 4 is 26.7 Å². The van der Waals surface area contributed by atoms with Crippen molar-refractivity contribution in [2.75, 3.05) is 6.54 Å². The van der Waals surface area contributed by atoms with E-state index in [0.29, 0.717) is 23.2 Å². The Hall–Kier alpha value is -3.19. The summed E-state index contributed by atoms with van der Waals surface area (Å²) in [6, 6.07) is 12.2. The first-order valence-electron chi connectivity index (χ1n) is 12.1. The molecule has 2 aromatic rings. The Morgan fingerprint density at radius 3 is 2.40 bits per heavy atom. The van der Waals surface area contributed by atoms with Crippen molar-refractivity contribution in [3.63, 3.8) is 0 Å². The molecule has 2 aromatic carbocycles. The van der Waals surface area contributed by atoms with Gasteiger partial charge in [-0.2, -0.15) is 0 Å². The van der Waals surface area contributed by atoms with Crippen molar-refractivity contribution in [1.29, 1.82) is 0 Å². The van der Waals surface area contributed by atoms with Crippen molar-refractivity contribution in [1.82, 2.24) is 9.62 Å². The van der Waals surface area contributed by atoms with Crippen molar-refractivity contribution in [3.8, 4) is 0 Å². The smallest absolute Gasteiger partial charge is 0.268 e. The van der Waals surface area contributed by atoms with Crippen LogP contribution < -0.4 is 5.32 Å². The molecule has 0 spiro atoms. The second-order valence-electron chi connectivity index (χ2n) is 9.38. The molecule has 0 saturated heterocycles. The van der Waals surface area contributed by atoms with E-state index in [2.05, 4.69) is 11.4 Å². The zero-order valence-electron chi connectivity index (χ0n) is 20.6. The molecule has 0 aromatic heterocycles. The average Bonchev–Trinajstić information content (AvgIpc) is 3.01. The van der Waals surface area contributed by atoms with Gasteiger partial charge in [0.2, 0.25) is 0 Å². The molecular formula is C28H32N2O4S. The van der Waals surface area contributed by atoms with Gasteiger partial charge in [0.15, 0.2) is 0 Å². The number of hydrogen-bond donors (Lipinski definition) is 1. The zero-order chi connectivity index (χ0) is 25.2. The highest BCUT2D eigenvalue weighted by atomic mass is 32.2. The fraction of sp³-hybridized carbons (Fsp3) is 0.357. The maximum atomic E-state index is 13.3. The van der Waals surface area contributed by atoms with Crippen LogP contribution in [0.4, 0.5) is 0 Å². The molecule has 0 atom stereocenters. The summed E-state index contributed by atoms with van der Waals surface area (Å²) >= 11 is 0. The highest BCUT2D eigenvalue weighted by molar-refractivity contribution is 7.99. The molecule has 35 heavy (non-hydrogen) atoms. The molecule has 2 amide bonds. The number of hydrogen-bond acceptors (Lipinski definition) is 4. The fourth-order valence-corrected chi connectivity index (χ4v) is 6.39. The third kappa shape index (κ3) is 5.25. The van der Waals surface area contributed by atoms with E-state index >= 15 is 0 Å². The lowest BCUT2D eigenvalue weighted by Crippen LogP contribution is -2.31. The van der Waals surface area contributed by atoms with Gasteiger partial charge in [0.05, 0.1) is 6.54 Å². The quantitative estimate of drug-likeness (QED) is 0.550. The first kappa shape index (κ1) is 24.9. The molecule has 1 N–H and O–H groups in total. The fourth-order valence-electron chi connectivity index (χ4n) is 4.60. The number of carbonyl (C=O) groups is 2. The summed E-state index contributed by atoms with van der Waals surface area (Å²) in [6.45, 7) is 5.95. The van der Waals surface area contributed by atoms with E-state index in [4.69, 9.17) is 0 Å². The number of amides is 2. The molecule has 6 nitrogen and oxygen atoms in total. The molecule has 0 radical (unpaired) electrons. The number of benzene rings is 2. The number of aryl methyl sites for hydroxylation is 2. The van der Waals surface area contributed by atoms with Gasteiger partial charge >= 0.3 is 0 Å². The number of nitrogens with one attached hydrogen (secondary N) is 1. The largest absolute Gasteiger partial charge is 0.352 e. The molecule has 0 unspecified atom stereocenters. The number of rotatable bonds is 7. The highest BCUT2D eigenvalue weighted by Gasteiger charge is 2.42. The lowest BCUT2D eigenvalue weighted by molar-refractivity contribution is -0.122. The van der Waals surface area contributed by atoms with Crippen molar-refractivity contribution in [2.45, 2.75) is 59.4 Å². The van der Waals surface area contributed by atoms with Crippen LogP contribution >= 0.6 is 0 Å². The maximum absolute atomic E-state index is 13.3. The second kappa shape index (κ2) is 10.2. The Balaban J connectivity index is 1.42. The van der Waals surface area contributed by atoms with Crippen LogP contribution in [0.25, 0.3) is 4.91 Å². The van der Waals surface area contributed by atoms with E-state index in [1.54, 1.807) is 43.3 Å². The van der Waals surface area contributed by atoms with Crippen molar-refractivity contribution in [2.24, 2.45) is 0 Å². The van der Waals surface area contributed by atoms with Gasteiger partial charge in [-0.1, -0.05) is 42.0 Å². The first-order chi connectivity index (χ1) is 16.7. The molecule has 0 bridgehead atoms. The van der Waals surface area contributed by atoms with Gasteiger partial charge < -0.3 is 5.32 Å². The molecule has 184 valence electrons. The Labute approximate surface area is 207 Å².